The van der Waals surface area contributed by atoms with Gasteiger partial charge in [-0.05, 0) is 22.9 Å². The summed E-state index contributed by atoms with van der Waals surface area (Å²) in [4.78, 5) is 25.6. The number of rotatable bonds is 8. The zero-order chi connectivity index (χ0) is 19.2. The van der Waals surface area contributed by atoms with Crippen LogP contribution in [0.2, 0.25) is 0 Å². The number of hydrogen-bond donors (Lipinski definition) is 3. The van der Waals surface area contributed by atoms with Gasteiger partial charge >= 0.3 is 11.8 Å². The highest BCUT2D eigenvalue weighted by Crippen LogP contribution is 2.33. The summed E-state index contributed by atoms with van der Waals surface area (Å²) in [6.07, 6.45) is 0. The third-order valence-corrected chi connectivity index (χ3v) is 8.22. The maximum atomic E-state index is 12.9. The van der Waals surface area contributed by atoms with Gasteiger partial charge in [-0.15, -0.1) is 22.7 Å². The van der Waals surface area contributed by atoms with Gasteiger partial charge in [-0.3, -0.25) is 9.59 Å². The second-order valence-corrected chi connectivity index (χ2v) is 10.2. The molecular weight excluding hydrogens is 394 g/mol. The molecule has 0 aliphatic rings. The molecule has 0 radical (unpaired) electrons. The number of sulfone groups is 1. The second-order valence-electron chi connectivity index (χ2n) is 5.90. The van der Waals surface area contributed by atoms with Gasteiger partial charge in [0.05, 0.1) is 27.2 Å². The van der Waals surface area contributed by atoms with E-state index >= 15 is 0 Å². The molecule has 0 aromatic carbocycles. The molecule has 0 bridgehead atoms. The molecule has 0 saturated carbocycles. The average Bonchev–Trinajstić information content (AvgIpc) is 3.28. The maximum absolute atomic E-state index is 12.9. The topological polar surface area (TPSA) is 96.8 Å². The monoisotopic (exact) mass is 416 g/mol. The highest BCUT2D eigenvalue weighted by atomic mass is 32.2. The first-order chi connectivity index (χ1) is 12.3. The van der Waals surface area contributed by atoms with Gasteiger partial charge in [0.25, 0.3) is 0 Å². The molecule has 0 saturated heterocycles. The SMILES string of the molecule is C[NH+](C)CCNC(=O)C(=O)NC[C@@H](c1cccs1)S(=O)(=O)c1cccs1. The van der Waals surface area contributed by atoms with Gasteiger partial charge in [0.1, 0.15) is 9.46 Å². The van der Waals surface area contributed by atoms with Crippen molar-refractivity contribution in [1.29, 1.82) is 0 Å². The Balaban J connectivity index is 2.05. The van der Waals surface area contributed by atoms with E-state index in [1.807, 2.05) is 14.1 Å². The Hall–Kier alpha value is -1.75. The Morgan fingerprint density at radius 2 is 1.73 bits per heavy atom. The highest BCUT2D eigenvalue weighted by Gasteiger charge is 2.31. The fourth-order valence-electron chi connectivity index (χ4n) is 2.18. The number of amides is 2. The van der Waals surface area contributed by atoms with Crippen molar-refractivity contribution in [1.82, 2.24) is 10.6 Å². The minimum Gasteiger partial charge on any atom is -0.346 e. The predicted molar refractivity (Wildman–Crippen MR) is 102 cm³/mol. The Morgan fingerprint density at radius 3 is 2.31 bits per heavy atom. The average molecular weight is 417 g/mol. The van der Waals surface area contributed by atoms with Crippen LogP contribution in [0.15, 0.2) is 39.2 Å². The molecule has 142 valence electrons. The lowest BCUT2D eigenvalue weighted by Crippen LogP contribution is -3.06. The molecule has 2 aromatic rings. The highest BCUT2D eigenvalue weighted by molar-refractivity contribution is 7.93. The molecule has 2 heterocycles. The van der Waals surface area contributed by atoms with E-state index in [0.717, 1.165) is 16.2 Å². The van der Waals surface area contributed by atoms with Gasteiger partial charge in [-0.2, -0.15) is 0 Å². The van der Waals surface area contributed by atoms with E-state index in [9.17, 15) is 18.0 Å². The van der Waals surface area contributed by atoms with E-state index in [1.165, 1.54) is 11.3 Å². The van der Waals surface area contributed by atoms with Crippen molar-refractivity contribution in [3.8, 4) is 0 Å². The summed E-state index contributed by atoms with van der Waals surface area (Å²) in [5.74, 6) is -1.59. The van der Waals surface area contributed by atoms with Gasteiger partial charge in [0.15, 0.2) is 9.84 Å². The first-order valence-electron chi connectivity index (χ1n) is 7.98. The zero-order valence-electron chi connectivity index (χ0n) is 14.5. The zero-order valence-corrected chi connectivity index (χ0v) is 17.0. The van der Waals surface area contributed by atoms with E-state index in [4.69, 9.17) is 0 Å². The van der Waals surface area contributed by atoms with Crippen LogP contribution in [0, 0.1) is 0 Å². The number of hydrogen-bond acceptors (Lipinski definition) is 6. The fourth-order valence-corrected chi connectivity index (χ4v) is 6.16. The molecule has 0 aliphatic carbocycles. The summed E-state index contributed by atoms with van der Waals surface area (Å²) in [6, 6.07) is 6.68. The van der Waals surface area contributed by atoms with Crippen LogP contribution in [-0.4, -0.2) is 54.0 Å². The second kappa shape index (κ2) is 9.26. The summed E-state index contributed by atoms with van der Waals surface area (Å²) in [6.45, 7) is 0.895. The van der Waals surface area contributed by atoms with E-state index in [-0.39, 0.29) is 10.8 Å². The molecule has 2 rings (SSSR count). The van der Waals surface area contributed by atoms with E-state index in [0.29, 0.717) is 18.0 Å². The number of quaternary nitrogens is 1. The van der Waals surface area contributed by atoms with Crippen LogP contribution in [0.3, 0.4) is 0 Å². The number of nitrogens with one attached hydrogen (secondary N) is 3. The number of likely N-dealkylation sites (N-methyl/N-ethyl adjacent to an activating group) is 1. The smallest absolute Gasteiger partial charge is 0.309 e. The normalized spacial score (nSPS) is 12.7. The van der Waals surface area contributed by atoms with Crippen LogP contribution in [0.5, 0.6) is 0 Å². The summed E-state index contributed by atoms with van der Waals surface area (Å²) in [5, 5.41) is 7.52. The van der Waals surface area contributed by atoms with Crippen molar-refractivity contribution in [2.24, 2.45) is 0 Å². The predicted octanol–water partition coefficient (Wildman–Crippen LogP) is -0.298. The Bertz CT molecular complexity index is 815. The molecule has 0 spiro atoms. The first kappa shape index (κ1) is 20.6. The number of thiophene rings is 2. The van der Waals surface area contributed by atoms with Crippen molar-refractivity contribution < 1.29 is 22.9 Å². The van der Waals surface area contributed by atoms with Crippen molar-refractivity contribution in [3.63, 3.8) is 0 Å². The third kappa shape index (κ3) is 5.37. The van der Waals surface area contributed by atoms with Gasteiger partial charge in [0.2, 0.25) is 0 Å². The van der Waals surface area contributed by atoms with Crippen LogP contribution in [0.4, 0.5) is 0 Å². The minimum atomic E-state index is -3.65. The summed E-state index contributed by atoms with van der Waals surface area (Å²) < 4.78 is 26.0. The van der Waals surface area contributed by atoms with E-state index < -0.39 is 26.9 Å². The molecule has 2 aromatic heterocycles. The molecule has 0 aliphatic heterocycles. The minimum absolute atomic E-state index is 0.161. The van der Waals surface area contributed by atoms with Crippen LogP contribution in [0.25, 0.3) is 0 Å². The molecule has 3 N–H and O–H groups in total. The molecule has 26 heavy (non-hydrogen) atoms. The Morgan fingerprint density at radius 1 is 1.08 bits per heavy atom. The summed E-state index contributed by atoms with van der Waals surface area (Å²) in [7, 11) is 0.224. The Labute approximate surface area is 160 Å². The lowest BCUT2D eigenvalue weighted by Gasteiger charge is -2.16. The molecular formula is C16H22N3O4S3+. The van der Waals surface area contributed by atoms with Crippen LogP contribution in [-0.2, 0) is 19.4 Å². The van der Waals surface area contributed by atoms with Crippen LogP contribution >= 0.6 is 22.7 Å². The van der Waals surface area contributed by atoms with Gasteiger partial charge in [-0.1, -0.05) is 12.1 Å². The summed E-state index contributed by atoms with van der Waals surface area (Å²) in [5.41, 5.74) is 0. The quantitative estimate of drug-likeness (QED) is 0.515. The van der Waals surface area contributed by atoms with Gasteiger partial charge in [-0.25, -0.2) is 8.42 Å². The largest absolute Gasteiger partial charge is 0.346 e. The maximum Gasteiger partial charge on any atom is 0.309 e. The van der Waals surface area contributed by atoms with Crippen LogP contribution < -0.4 is 15.5 Å². The molecule has 2 amide bonds. The third-order valence-electron chi connectivity index (χ3n) is 3.58. The molecule has 1 atom stereocenters. The van der Waals surface area contributed by atoms with E-state index in [2.05, 4.69) is 10.6 Å². The standard InChI is InChI=1S/C16H21N3O4S3/c1-19(2)8-7-17-15(20)16(21)18-11-13(12-5-3-9-24-12)26(22,23)14-6-4-10-25-14/h3-6,9-10,13H,7-8,11H2,1-2H3,(H,17,20)(H,18,21)/p+1/t13-/m0/s1. The van der Waals surface area contributed by atoms with E-state index in [1.54, 1.807) is 35.0 Å². The van der Waals surface area contributed by atoms with Crippen molar-refractivity contribution >= 4 is 44.3 Å². The molecule has 0 fully saturated rings. The summed E-state index contributed by atoms with van der Waals surface area (Å²) >= 11 is 2.44. The van der Waals surface area contributed by atoms with Gasteiger partial charge < -0.3 is 15.5 Å². The Kier molecular flexibility index (Phi) is 7.33. The lowest BCUT2D eigenvalue weighted by molar-refractivity contribution is -0.856. The molecule has 10 heteroatoms. The van der Waals surface area contributed by atoms with Crippen LogP contribution in [0.1, 0.15) is 10.1 Å². The lowest BCUT2D eigenvalue weighted by atomic mass is 10.3. The number of carbonyl (C=O) groups excluding carboxylic acids is 2. The molecule has 0 unspecified atom stereocenters. The number of carbonyl (C=O) groups is 2. The van der Waals surface area contributed by atoms with Gasteiger partial charge in [0, 0.05) is 11.4 Å². The molecule has 7 nitrogen and oxygen atoms in total. The van der Waals surface area contributed by atoms with Crippen molar-refractivity contribution in [2.45, 2.75) is 9.46 Å². The van der Waals surface area contributed by atoms with Crippen molar-refractivity contribution in [3.05, 3.63) is 39.9 Å². The first-order valence-corrected chi connectivity index (χ1v) is 11.3. The fraction of sp³-hybridized carbons (Fsp3) is 0.375. The van der Waals surface area contributed by atoms with Crippen molar-refractivity contribution in [2.75, 3.05) is 33.7 Å².